The number of aromatic nitrogens is 1. The van der Waals surface area contributed by atoms with Gasteiger partial charge in [0.1, 0.15) is 17.6 Å². The largest absolute Gasteiger partial charge is 0.459 e. The van der Waals surface area contributed by atoms with Crippen molar-refractivity contribution in [3.05, 3.63) is 141 Å². The number of pyridine rings is 1. The molecule has 6 rings (SSSR count). The van der Waals surface area contributed by atoms with Gasteiger partial charge in [0.25, 0.3) is 11.4 Å². The Morgan fingerprint density at radius 1 is 0.833 bits per heavy atom. The van der Waals surface area contributed by atoms with Gasteiger partial charge in [0, 0.05) is 39.9 Å². The molecule has 0 amide bonds. The van der Waals surface area contributed by atoms with Crippen molar-refractivity contribution in [3.63, 3.8) is 0 Å². The van der Waals surface area contributed by atoms with Crippen molar-refractivity contribution < 1.29 is 14.3 Å². The Balaban J connectivity index is 1.34. The van der Waals surface area contributed by atoms with E-state index in [0.717, 1.165) is 21.2 Å². The van der Waals surface area contributed by atoms with Crippen LogP contribution in [0, 0.1) is 20.2 Å². The molecule has 208 valence electrons. The summed E-state index contributed by atoms with van der Waals surface area (Å²) in [4.78, 5) is 30.1. The second kappa shape index (κ2) is 11.4. The van der Waals surface area contributed by atoms with Gasteiger partial charge in [-0.2, -0.15) is 0 Å². The lowest BCUT2D eigenvalue weighted by Gasteiger charge is -2.26. The zero-order valence-electron chi connectivity index (χ0n) is 21.7. The summed E-state index contributed by atoms with van der Waals surface area (Å²) in [6.45, 7) is 0. The molecule has 1 saturated heterocycles. The van der Waals surface area contributed by atoms with Crippen LogP contribution in [0.5, 0.6) is 0 Å². The third kappa shape index (κ3) is 5.32. The highest BCUT2D eigenvalue weighted by atomic mass is 32.2. The van der Waals surface area contributed by atoms with Gasteiger partial charge in [-0.1, -0.05) is 30.0 Å². The number of furan rings is 1. The molecule has 2 atom stereocenters. The molecule has 42 heavy (non-hydrogen) atoms. The summed E-state index contributed by atoms with van der Waals surface area (Å²) in [5.74, 6) is 0.945. The minimum absolute atomic E-state index is 0.0428. The molecule has 1 aliphatic rings. The molecular formula is C30H21N5O5S2. The van der Waals surface area contributed by atoms with E-state index < -0.39 is 15.9 Å². The summed E-state index contributed by atoms with van der Waals surface area (Å²) >= 11 is 7.28. The average Bonchev–Trinajstić information content (AvgIpc) is 3.63. The van der Waals surface area contributed by atoms with E-state index in [-0.39, 0.29) is 17.4 Å². The van der Waals surface area contributed by atoms with Crippen LogP contribution in [0.25, 0.3) is 11.3 Å². The number of nitrogens with one attached hydrogen (secondary N) is 1. The second-order valence-corrected chi connectivity index (χ2v) is 10.9. The molecule has 1 fully saturated rings. The maximum Gasteiger partial charge on any atom is 0.280 e. The average molecular weight is 596 g/mol. The fourth-order valence-electron chi connectivity index (χ4n) is 4.87. The number of nitrogens with zero attached hydrogens (tertiary/aromatic N) is 4. The van der Waals surface area contributed by atoms with Gasteiger partial charge in [-0.25, -0.2) is 0 Å². The van der Waals surface area contributed by atoms with Gasteiger partial charge in [-0.3, -0.25) is 25.2 Å². The fraction of sp³-hybridized carbons (Fsp3) is 0.0667. The van der Waals surface area contributed by atoms with Crippen LogP contribution in [0.4, 0.5) is 17.1 Å². The summed E-state index contributed by atoms with van der Waals surface area (Å²) in [5, 5.41) is 26.5. The van der Waals surface area contributed by atoms with Gasteiger partial charge in [0.15, 0.2) is 5.11 Å². The first kappa shape index (κ1) is 27.1. The predicted molar refractivity (Wildman–Crippen MR) is 162 cm³/mol. The second-order valence-electron chi connectivity index (χ2n) is 9.32. The molecule has 5 aromatic rings. The smallest absolute Gasteiger partial charge is 0.280 e. The van der Waals surface area contributed by atoms with E-state index in [1.54, 1.807) is 42.6 Å². The number of nitro benzene ring substituents is 2. The number of thiocarbonyl (C=S) groups is 1. The number of rotatable bonds is 8. The molecule has 3 heterocycles. The van der Waals surface area contributed by atoms with Gasteiger partial charge in [0.2, 0.25) is 0 Å². The van der Waals surface area contributed by atoms with Crippen LogP contribution in [0.3, 0.4) is 0 Å². The lowest BCUT2D eigenvalue weighted by Crippen LogP contribution is -2.29. The Morgan fingerprint density at radius 2 is 1.52 bits per heavy atom. The van der Waals surface area contributed by atoms with Gasteiger partial charge in [-0.05, 0) is 78.9 Å². The summed E-state index contributed by atoms with van der Waals surface area (Å²) in [6, 6.07) is 29.1. The predicted octanol–water partition coefficient (Wildman–Crippen LogP) is 7.49. The third-order valence-corrected chi connectivity index (χ3v) is 8.11. The van der Waals surface area contributed by atoms with E-state index >= 15 is 0 Å². The van der Waals surface area contributed by atoms with E-state index in [2.05, 4.69) is 10.3 Å². The molecule has 0 aliphatic carbocycles. The topological polar surface area (TPSA) is 128 Å². The molecule has 0 bridgehead atoms. The Morgan fingerprint density at radius 3 is 2.19 bits per heavy atom. The van der Waals surface area contributed by atoms with Crippen LogP contribution in [-0.2, 0) is 0 Å². The van der Waals surface area contributed by atoms with Gasteiger partial charge in [-0.15, -0.1) is 0 Å². The highest BCUT2D eigenvalue weighted by Crippen LogP contribution is 2.44. The molecule has 0 saturated carbocycles. The molecular weight excluding hydrogens is 574 g/mol. The zero-order chi connectivity index (χ0) is 29.2. The Hall–Kier alpha value is -5.07. The van der Waals surface area contributed by atoms with Crippen LogP contribution in [-0.4, -0.2) is 19.9 Å². The number of nitro groups is 2. The van der Waals surface area contributed by atoms with Crippen molar-refractivity contribution in [1.29, 1.82) is 0 Å². The first-order valence-electron chi connectivity index (χ1n) is 12.8. The molecule has 3 aromatic carbocycles. The molecule has 10 nitrogen and oxygen atoms in total. The van der Waals surface area contributed by atoms with Crippen molar-refractivity contribution in [3.8, 4) is 11.3 Å². The van der Waals surface area contributed by atoms with Crippen molar-refractivity contribution in [2.75, 3.05) is 4.90 Å². The molecule has 0 radical (unpaired) electrons. The minimum Gasteiger partial charge on any atom is -0.459 e. The minimum atomic E-state index is -0.433. The van der Waals surface area contributed by atoms with Crippen molar-refractivity contribution in [2.24, 2.45) is 0 Å². The van der Waals surface area contributed by atoms with E-state index in [9.17, 15) is 20.2 Å². The summed E-state index contributed by atoms with van der Waals surface area (Å²) in [5.41, 5.74) is 1.96. The summed E-state index contributed by atoms with van der Waals surface area (Å²) in [7, 11) is 0. The van der Waals surface area contributed by atoms with Gasteiger partial charge in [0.05, 0.1) is 27.1 Å². The van der Waals surface area contributed by atoms with Crippen LogP contribution in [0.1, 0.15) is 23.5 Å². The van der Waals surface area contributed by atoms with E-state index in [0.29, 0.717) is 22.2 Å². The lowest BCUT2D eigenvalue weighted by atomic mass is 10.0. The fourth-order valence-corrected chi connectivity index (χ4v) is 6.03. The molecule has 1 aliphatic heterocycles. The number of non-ortho nitro benzene ring substituents is 1. The van der Waals surface area contributed by atoms with E-state index in [1.165, 1.54) is 30.0 Å². The maximum atomic E-state index is 11.7. The molecule has 1 N–H and O–H groups in total. The Kier molecular flexibility index (Phi) is 7.38. The first-order valence-corrected chi connectivity index (χ1v) is 14.0. The SMILES string of the molecule is O=[N+]([O-])c1ccc(Sc2ccc(N3C(=S)N[C@H](c4ccccn4)[C@H]3c3ccc(-c4ccccc4[N+](=O)[O-])o3)cc2)cc1. The highest BCUT2D eigenvalue weighted by Gasteiger charge is 2.42. The van der Waals surface area contributed by atoms with Gasteiger partial charge >= 0.3 is 0 Å². The standard InChI is InChI=1S/C30H21N5O5S2/c36-34(37)20-10-14-22(15-11-20)42-21-12-8-19(9-13-21)33-29(28(32-30(33)41)24-6-3-4-18-31-24)27-17-16-26(40-27)23-5-1-2-7-25(23)35(38)39/h1-18,28-29H,(H,32,41)/t28-,29-/m1/s1. The van der Waals surface area contributed by atoms with Crippen molar-refractivity contribution in [2.45, 2.75) is 21.9 Å². The Bertz CT molecular complexity index is 1780. The van der Waals surface area contributed by atoms with Crippen LogP contribution in [0.2, 0.25) is 0 Å². The summed E-state index contributed by atoms with van der Waals surface area (Å²) < 4.78 is 6.30. The number of hydrogen-bond acceptors (Lipinski definition) is 8. The lowest BCUT2D eigenvalue weighted by molar-refractivity contribution is -0.384. The van der Waals surface area contributed by atoms with Crippen LogP contribution in [0.15, 0.2) is 124 Å². The number of anilines is 1. The molecule has 12 heteroatoms. The van der Waals surface area contributed by atoms with E-state index in [1.807, 2.05) is 53.4 Å². The Labute approximate surface area is 249 Å². The molecule has 0 spiro atoms. The zero-order valence-corrected chi connectivity index (χ0v) is 23.3. The highest BCUT2D eigenvalue weighted by molar-refractivity contribution is 7.99. The van der Waals surface area contributed by atoms with Crippen LogP contribution < -0.4 is 10.2 Å². The monoisotopic (exact) mass is 595 g/mol. The summed E-state index contributed by atoms with van der Waals surface area (Å²) in [6.07, 6.45) is 1.71. The maximum absolute atomic E-state index is 11.7. The number of para-hydroxylation sites is 1. The van der Waals surface area contributed by atoms with Gasteiger partial charge < -0.3 is 14.6 Å². The first-order chi connectivity index (χ1) is 20.4. The third-order valence-electron chi connectivity index (χ3n) is 6.78. The number of hydrogen-bond donors (Lipinski definition) is 1. The van der Waals surface area contributed by atoms with Crippen molar-refractivity contribution in [1.82, 2.24) is 10.3 Å². The van der Waals surface area contributed by atoms with Crippen LogP contribution >= 0.6 is 24.0 Å². The quantitative estimate of drug-likeness (QED) is 0.109. The van der Waals surface area contributed by atoms with Crippen molar-refractivity contribution >= 4 is 46.2 Å². The van der Waals surface area contributed by atoms with E-state index in [4.69, 9.17) is 16.6 Å². The molecule has 0 unspecified atom stereocenters. The normalized spacial score (nSPS) is 16.3. The molecule has 2 aromatic heterocycles. The number of benzene rings is 3.